The maximum absolute atomic E-state index is 11.5. The molecule has 2 rings (SSSR count). The second kappa shape index (κ2) is 5.96. The second-order valence-electron chi connectivity index (χ2n) is 3.40. The number of nitrogens with zero attached hydrogens (tertiary/aromatic N) is 1. The first kappa shape index (κ1) is 11.5. The molecule has 1 aromatic carbocycles. The molecule has 0 aliphatic carbocycles. The van der Waals surface area contributed by atoms with E-state index in [2.05, 4.69) is 10.3 Å². The van der Waals surface area contributed by atoms with Crippen LogP contribution in [0.1, 0.15) is 16.1 Å². The van der Waals surface area contributed by atoms with Gasteiger partial charge in [-0.2, -0.15) is 0 Å². The third kappa shape index (κ3) is 3.53. The molecule has 0 bridgehead atoms. The normalized spacial score (nSPS) is 10.6. The average molecular weight is 244 g/mol. The topological polar surface area (TPSA) is 42.0 Å². The van der Waals surface area contributed by atoms with Gasteiger partial charge in [0.15, 0.2) is 0 Å². The van der Waals surface area contributed by atoms with Crippen LogP contribution >= 0.6 is 11.3 Å². The van der Waals surface area contributed by atoms with Crippen LogP contribution in [0.25, 0.3) is 6.08 Å². The van der Waals surface area contributed by atoms with Gasteiger partial charge in [0.05, 0.1) is 5.51 Å². The molecule has 0 atom stereocenters. The minimum atomic E-state index is -0.135. The highest BCUT2D eigenvalue weighted by molar-refractivity contribution is 7.07. The largest absolute Gasteiger partial charge is 0.347 e. The highest BCUT2D eigenvalue weighted by Crippen LogP contribution is 2.01. The molecular weight excluding hydrogens is 232 g/mol. The highest BCUT2D eigenvalue weighted by Gasteiger charge is 2.04. The number of rotatable bonds is 4. The van der Waals surface area contributed by atoms with Gasteiger partial charge >= 0.3 is 0 Å². The fourth-order valence-electron chi connectivity index (χ4n) is 1.33. The summed E-state index contributed by atoms with van der Waals surface area (Å²) in [6.07, 6.45) is 3.89. The Labute approximate surface area is 104 Å². The second-order valence-corrected chi connectivity index (χ2v) is 4.12. The standard InChI is InChI=1S/C13H12N2OS/c16-13(12-9-17-10-15-12)14-8-4-7-11-5-2-1-3-6-11/h1-7,9-10H,8H2,(H,14,16)/b7-4+. The van der Waals surface area contributed by atoms with Crippen molar-refractivity contribution in [2.45, 2.75) is 0 Å². The Morgan fingerprint density at radius 3 is 2.88 bits per heavy atom. The van der Waals surface area contributed by atoms with Crippen molar-refractivity contribution in [3.05, 3.63) is 58.6 Å². The van der Waals surface area contributed by atoms with Crippen LogP contribution in [0.15, 0.2) is 47.3 Å². The lowest BCUT2D eigenvalue weighted by atomic mass is 10.2. The van der Waals surface area contributed by atoms with E-state index in [0.29, 0.717) is 12.2 Å². The van der Waals surface area contributed by atoms with Crippen LogP contribution in [0.3, 0.4) is 0 Å². The zero-order valence-electron chi connectivity index (χ0n) is 9.17. The van der Waals surface area contributed by atoms with Crippen molar-refractivity contribution in [2.24, 2.45) is 0 Å². The molecule has 2 aromatic rings. The fourth-order valence-corrected chi connectivity index (χ4v) is 1.86. The molecule has 1 N–H and O–H groups in total. The number of aromatic nitrogens is 1. The van der Waals surface area contributed by atoms with Crippen molar-refractivity contribution in [3.8, 4) is 0 Å². The molecule has 3 nitrogen and oxygen atoms in total. The number of nitrogens with one attached hydrogen (secondary N) is 1. The van der Waals surface area contributed by atoms with E-state index in [1.807, 2.05) is 42.5 Å². The molecule has 0 fully saturated rings. The van der Waals surface area contributed by atoms with Crippen molar-refractivity contribution in [3.63, 3.8) is 0 Å². The van der Waals surface area contributed by atoms with Crippen molar-refractivity contribution < 1.29 is 4.79 Å². The number of benzene rings is 1. The third-order valence-electron chi connectivity index (χ3n) is 2.16. The molecular formula is C13H12N2OS. The summed E-state index contributed by atoms with van der Waals surface area (Å²) in [5.74, 6) is -0.135. The molecule has 1 amide bonds. The molecule has 0 radical (unpaired) electrons. The van der Waals surface area contributed by atoms with Crippen LogP contribution in [-0.4, -0.2) is 17.4 Å². The van der Waals surface area contributed by atoms with Gasteiger partial charge < -0.3 is 5.32 Å². The molecule has 0 aliphatic rings. The average Bonchev–Trinajstić information content (AvgIpc) is 2.89. The van der Waals surface area contributed by atoms with Crippen LogP contribution < -0.4 is 5.32 Å². The summed E-state index contributed by atoms with van der Waals surface area (Å²) in [5.41, 5.74) is 3.24. The van der Waals surface area contributed by atoms with Gasteiger partial charge in [0.1, 0.15) is 5.69 Å². The Bertz CT molecular complexity index is 491. The first-order valence-corrected chi connectivity index (χ1v) is 6.18. The van der Waals surface area contributed by atoms with E-state index >= 15 is 0 Å². The van der Waals surface area contributed by atoms with Gasteiger partial charge in [0.25, 0.3) is 5.91 Å². The quantitative estimate of drug-likeness (QED) is 0.898. The van der Waals surface area contributed by atoms with Gasteiger partial charge in [-0.25, -0.2) is 4.98 Å². The lowest BCUT2D eigenvalue weighted by molar-refractivity contribution is 0.0954. The Balaban J connectivity index is 1.80. The number of carbonyl (C=O) groups excluding carboxylic acids is 1. The first-order chi connectivity index (χ1) is 8.36. The van der Waals surface area contributed by atoms with E-state index in [-0.39, 0.29) is 5.91 Å². The van der Waals surface area contributed by atoms with E-state index in [9.17, 15) is 4.79 Å². The fraction of sp³-hybridized carbons (Fsp3) is 0.0769. The molecule has 0 saturated carbocycles. The summed E-state index contributed by atoms with van der Waals surface area (Å²) < 4.78 is 0. The maximum Gasteiger partial charge on any atom is 0.270 e. The lowest BCUT2D eigenvalue weighted by Gasteiger charge is -1.98. The summed E-state index contributed by atoms with van der Waals surface area (Å²) in [6.45, 7) is 0.505. The zero-order chi connectivity index (χ0) is 11.9. The number of amides is 1. The van der Waals surface area contributed by atoms with Gasteiger partial charge in [-0.3, -0.25) is 4.79 Å². The summed E-state index contributed by atoms with van der Waals surface area (Å²) in [6, 6.07) is 9.96. The minimum Gasteiger partial charge on any atom is -0.347 e. The minimum absolute atomic E-state index is 0.135. The number of carbonyl (C=O) groups is 1. The van der Waals surface area contributed by atoms with Gasteiger partial charge in [0, 0.05) is 11.9 Å². The monoisotopic (exact) mass is 244 g/mol. The van der Waals surface area contributed by atoms with Crippen LogP contribution in [0.4, 0.5) is 0 Å². The summed E-state index contributed by atoms with van der Waals surface area (Å²) in [4.78, 5) is 15.5. The van der Waals surface area contributed by atoms with Gasteiger partial charge in [-0.15, -0.1) is 11.3 Å². The zero-order valence-corrected chi connectivity index (χ0v) is 9.98. The third-order valence-corrected chi connectivity index (χ3v) is 2.74. The molecule has 0 aliphatic heterocycles. The van der Waals surface area contributed by atoms with Crippen LogP contribution in [0.2, 0.25) is 0 Å². The van der Waals surface area contributed by atoms with E-state index in [1.54, 1.807) is 10.9 Å². The molecule has 86 valence electrons. The lowest BCUT2D eigenvalue weighted by Crippen LogP contribution is -2.23. The molecule has 1 aromatic heterocycles. The van der Waals surface area contributed by atoms with Gasteiger partial charge in [-0.1, -0.05) is 42.5 Å². The van der Waals surface area contributed by atoms with Crippen molar-refractivity contribution >= 4 is 23.3 Å². The Hall–Kier alpha value is -1.94. The highest BCUT2D eigenvalue weighted by atomic mass is 32.1. The molecule has 0 unspecified atom stereocenters. The van der Waals surface area contributed by atoms with E-state index < -0.39 is 0 Å². The SMILES string of the molecule is O=C(NC/C=C/c1ccccc1)c1cscn1. The van der Waals surface area contributed by atoms with E-state index in [0.717, 1.165) is 5.56 Å². The van der Waals surface area contributed by atoms with Crippen LogP contribution in [-0.2, 0) is 0 Å². The molecule has 4 heteroatoms. The number of thiazole rings is 1. The summed E-state index contributed by atoms with van der Waals surface area (Å²) >= 11 is 1.41. The smallest absolute Gasteiger partial charge is 0.270 e. The Morgan fingerprint density at radius 2 is 2.18 bits per heavy atom. The Morgan fingerprint density at radius 1 is 1.35 bits per heavy atom. The van der Waals surface area contributed by atoms with Crippen LogP contribution in [0, 0.1) is 0 Å². The Kier molecular flexibility index (Phi) is 4.05. The summed E-state index contributed by atoms with van der Waals surface area (Å²) in [5, 5.41) is 4.51. The predicted molar refractivity (Wildman–Crippen MR) is 69.9 cm³/mol. The van der Waals surface area contributed by atoms with Gasteiger partial charge in [0.2, 0.25) is 0 Å². The van der Waals surface area contributed by atoms with E-state index in [1.165, 1.54) is 11.3 Å². The van der Waals surface area contributed by atoms with Crippen molar-refractivity contribution in [1.29, 1.82) is 0 Å². The van der Waals surface area contributed by atoms with Crippen molar-refractivity contribution in [2.75, 3.05) is 6.54 Å². The van der Waals surface area contributed by atoms with Gasteiger partial charge in [-0.05, 0) is 5.56 Å². The van der Waals surface area contributed by atoms with Crippen molar-refractivity contribution in [1.82, 2.24) is 10.3 Å². The molecule has 1 heterocycles. The predicted octanol–water partition coefficient (Wildman–Crippen LogP) is 2.59. The van der Waals surface area contributed by atoms with E-state index in [4.69, 9.17) is 0 Å². The number of hydrogen-bond donors (Lipinski definition) is 1. The maximum atomic E-state index is 11.5. The van der Waals surface area contributed by atoms with Crippen LogP contribution in [0.5, 0.6) is 0 Å². The first-order valence-electron chi connectivity index (χ1n) is 5.24. The number of hydrogen-bond acceptors (Lipinski definition) is 3. The summed E-state index contributed by atoms with van der Waals surface area (Å²) in [7, 11) is 0. The molecule has 0 saturated heterocycles. The molecule has 17 heavy (non-hydrogen) atoms. The molecule has 0 spiro atoms.